The summed E-state index contributed by atoms with van der Waals surface area (Å²) in [6.07, 6.45) is 1.82. The van der Waals surface area contributed by atoms with Gasteiger partial charge in [-0.2, -0.15) is 0 Å². The van der Waals surface area contributed by atoms with Crippen molar-refractivity contribution in [2.24, 2.45) is 5.92 Å². The van der Waals surface area contributed by atoms with Crippen molar-refractivity contribution in [1.29, 1.82) is 0 Å². The number of carbonyl (C=O) groups is 3. The van der Waals surface area contributed by atoms with Crippen LogP contribution < -0.4 is 16.0 Å². The van der Waals surface area contributed by atoms with Crippen LogP contribution in [0.15, 0.2) is 18.2 Å². The quantitative estimate of drug-likeness (QED) is 0.619. The lowest BCUT2D eigenvalue weighted by molar-refractivity contribution is -0.136. The fourth-order valence-electron chi connectivity index (χ4n) is 5.05. The fraction of sp³-hybridized carbons (Fsp3) is 0.571. The molecule has 0 radical (unpaired) electrons. The molecule has 30 heavy (non-hydrogen) atoms. The van der Waals surface area contributed by atoms with Crippen LogP contribution in [0, 0.1) is 5.92 Å². The number of hydrogen-bond donors (Lipinski definition) is 3. The first kappa shape index (κ1) is 19.6. The molecule has 4 aliphatic rings. The van der Waals surface area contributed by atoms with E-state index in [0.717, 1.165) is 17.5 Å². The molecule has 7 nitrogen and oxygen atoms in total. The number of carbonyl (C=O) groups excluding carboxylic acids is 3. The van der Waals surface area contributed by atoms with Gasteiger partial charge >= 0.3 is 0 Å². The van der Waals surface area contributed by atoms with E-state index in [4.69, 9.17) is 0 Å². The first-order chi connectivity index (χ1) is 14.4. The first-order valence-electron chi connectivity index (χ1n) is 10.5. The predicted molar refractivity (Wildman–Crippen MR) is 103 cm³/mol. The van der Waals surface area contributed by atoms with E-state index >= 15 is 0 Å². The Morgan fingerprint density at radius 1 is 1.17 bits per heavy atom. The normalized spacial score (nSPS) is 31.9. The first-order valence-corrected chi connectivity index (χ1v) is 10.5. The second-order valence-electron chi connectivity index (χ2n) is 8.67. The molecule has 3 aliphatic heterocycles. The number of nitrogens with zero attached hydrogens (tertiary/aromatic N) is 1. The highest BCUT2D eigenvalue weighted by Gasteiger charge is 2.69. The number of benzene rings is 1. The molecule has 1 aromatic carbocycles. The van der Waals surface area contributed by atoms with E-state index in [1.165, 1.54) is 4.90 Å². The number of imide groups is 1. The third-order valence-corrected chi connectivity index (χ3v) is 6.83. The van der Waals surface area contributed by atoms with E-state index in [1.807, 2.05) is 12.1 Å². The van der Waals surface area contributed by atoms with E-state index < -0.39 is 29.8 Å². The molecular weight excluding hydrogens is 394 g/mol. The Morgan fingerprint density at radius 3 is 2.77 bits per heavy atom. The molecule has 5 rings (SSSR count). The maximum absolute atomic E-state index is 13.5. The Bertz CT molecular complexity index is 922. The highest BCUT2D eigenvalue weighted by atomic mass is 19.3. The lowest BCUT2D eigenvalue weighted by Gasteiger charge is -2.29. The molecule has 0 bridgehead atoms. The van der Waals surface area contributed by atoms with Gasteiger partial charge in [-0.05, 0) is 36.5 Å². The van der Waals surface area contributed by atoms with Gasteiger partial charge in [-0.1, -0.05) is 12.1 Å². The standard InChI is InChI=1S/C21H24F2N4O3/c22-21(23)15-5-4-12(25-18(15)21)9-24-8-11-2-1-3-13-14(11)10-27(20(13)30)16-6-7-17(28)26-19(16)29/h1-3,12,15-16,18,24-25H,4-10H2,(H,26,28,29)/t12-,15?,16?,18?/m1/s1. The van der Waals surface area contributed by atoms with Crippen LogP contribution in [-0.4, -0.2) is 53.2 Å². The molecule has 1 aromatic rings. The molecule has 0 aromatic heterocycles. The second-order valence-corrected chi connectivity index (χ2v) is 8.67. The molecule has 1 saturated carbocycles. The Labute approximate surface area is 172 Å². The van der Waals surface area contributed by atoms with Crippen LogP contribution in [0.25, 0.3) is 0 Å². The number of amides is 3. The number of nitrogens with one attached hydrogen (secondary N) is 3. The third kappa shape index (κ3) is 3.20. The van der Waals surface area contributed by atoms with Crippen molar-refractivity contribution in [2.75, 3.05) is 6.54 Å². The lowest BCUT2D eigenvalue weighted by atomic mass is 10.0. The zero-order valence-corrected chi connectivity index (χ0v) is 16.4. The minimum atomic E-state index is -2.56. The monoisotopic (exact) mass is 418 g/mol. The van der Waals surface area contributed by atoms with Gasteiger partial charge < -0.3 is 15.5 Å². The van der Waals surface area contributed by atoms with Crippen LogP contribution in [0.3, 0.4) is 0 Å². The third-order valence-electron chi connectivity index (χ3n) is 6.83. The molecular formula is C21H24F2N4O3. The summed E-state index contributed by atoms with van der Waals surface area (Å²) in [5.41, 5.74) is 2.42. The zero-order chi connectivity index (χ0) is 21.0. The van der Waals surface area contributed by atoms with Crippen LogP contribution in [0.4, 0.5) is 8.78 Å². The van der Waals surface area contributed by atoms with Crippen LogP contribution in [-0.2, 0) is 22.7 Å². The lowest BCUT2D eigenvalue weighted by Crippen LogP contribution is -2.52. The molecule has 1 aliphatic carbocycles. The second kappa shape index (κ2) is 7.09. The summed E-state index contributed by atoms with van der Waals surface area (Å²) in [7, 11) is 0. The summed E-state index contributed by atoms with van der Waals surface area (Å²) in [5.74, 6) is -4.00. The van der Waals surface area contributed by atoms with Gasteiger partial charge in [-0.25, -0.2) is 8.78 Å². The van der Waals surface area contributed by atoms with Crippen LogP contribution in [0.5, 0.6) is 0 Å². The minimum Gasteiger partial charge on any atom is -0.322 e. The number of rotatable bonds is 5. The van der Waals surface area contributed by atoms with Gasteiger partial charge in [0.05, 0.1) is 6.04 Å². The molecule has 3 heterocycles. The van der Waals surface area contributed by atoms with Crippen LogP contribution in [0.1, 0.15) is 47.2 Å². The molecule has 3 unspecified atom stereocenters. The van der Waals surface area contributed by atoms with Crippen molar-refractivity contribution in [3.05, 3.63) is 34.9 Å². The van der Waals surface area contributed by atoms with Crippen LogP contribution in [0.2, 0.25) is 0 Å². The van der Waals surface area contributed by atoms with Gasteiger partial charge in [0.25, 0.3) is 11.8 Å². The SMILES string of the molecule is O=C1CCC(N2Cc3c(CNC[C@H]4CCC5C(N4)C5(F)F)cccc3C2=O)C(=O)N1. The molecule has 160 valence electrons. The van der Waals surface area contributed by atoms with E-state index in [2.05, 4.69) is 16.0 Å². The summed E-state index contributed by atoms with van der Waals surface area (Å²) in [5, 5.41) is 8.68. The number of piperidine rings is 2. The maximum atomic E-state index is 13.5. The average molecular weight is 418 g/mol. The number of halogens is 2. The summed E-state index contributed by atoms with van der Waals surface area (Å²) >= 11 is 0. The van der Waals surface area contributed by atoms with Crippen molar-refractivity contribution >= 4 is 17.7 Å². The Morgan fingerprint density at radius 2 is 2.00 bits per heavy atom. The van der Waals surface area contributed by atoms with Crippen molar-refractivity contribution in [1.82, 2.24) is 20.9 Å². The molecule has 3 fully saturated rings. The van der Waals surface area contributed by atoms with Crippen molar-refractivity contribution in [3.8, 4) is 0 Å². The summed E-state index contributed by atoms with van der Waals surface area (Å²) < 4.78 is 27.0. The number of hydrogen-bond acceptors (Lipinski definition) is 5. The van der Waals surface area contributed by atoms with E-state index in [9.17, 15) is 23.2 Å². The molecule has 4 atom stereocenters. The van der Waals surface area contributed by atoms with E-state index in [1.54, 1.807) is 6.07 Å². The van der Waals surface area contributed by atoms with Gasteiger partial charge in [-0.3, -0.25) is 19.7 Å². The zero-order valence-electron chi connectivity index (χ0n) is 16.4. The summed E-state index contributed by atoms with van der Waals surface area (Å²) in [6, 6.07) is 4.20. The molecule has 0 spiro atoms. The largest absolute Gasteiger partial charge is 0.322 e. The van der Waals surface area contributed by atoms with Crippen molar-refractivity contribution in [3.63, 3.8) is 0 Å². The van der Waals surface area contributed by atoms with Crippen LogP contribution >= 0.6 is 0 Å². The fourth-order valence-corrected chi connectivity index (χ4v) is 5.05. The topological polar surface area (TPSA) is 90.5 Å². The molecule has 9 heteroatoms. The van der Waals surface area contributed by atoms with Gasteiger partial charge in [0.2, 0.25) is 11.8 Å². The van der Waals surface area contributed by atoms with Crippen molar-refractivity contribution < 1.29 is 23.2 Å². The Balaban J connectivity index is 1.21. The summed E-state index contributed by atoms with van der Waals surface area (Å²) in [4.78, 5) is 38.0. The van der Waals surface area contributed by atoms with Crippen molar-refractivity contribution in [2.45, 2.75) is 62.8 Å². The molecule has 3 amide bonds. The molecule has 2 saturated heterocycles. The number of fused-ring (bicyclic) bond motifs is 2. The highest BCUT2D eigenvalue weighted by molar-refractivity contribution is 6.05. The average Bonchev–Trinajstić information content (AvgIpc) is 3.08. The maximum Gasteiger partial charge on any atom is 0.268 e. The van der Waals surface area contributed by atoms with E-state index in [-0.39, 0.29) is 24.3 Å². The smallest absolute Gasteiger partial charge is 0.268 e. The van der Waals surface area contributed by atoms with Gasteiger partial charge in [-0.15, -0.1) is 0 Å². The van der Waals surface area contributed by atoms with Gasteiger partial charge in [0.1, 0.15) is 6.04 Å². The Hall–Kier alpha value is -2.39. The Kier molecular flexibility index (Phi) is 4.62. The minimum absolute atomic E-state index is 0.0120. The van der Waals surface area contributed by atoms with E-state index in [0.29, 0.717) is 38.0 Å². The predicted octanol–water partition coefficient (Wildman–Crippen LogP) is 0.923. The number of alkyl halides is 2. The van der Waals surface area contributed by atoms with Gasteiger partial charge in [0.15, 0.2) is 0 Å². The van der Waals surface area contributed by atoms with Gasteiger partial charge in [0, 0.05) is 43.6 Å². The highest BCUT2D eigenvalue weighted by Crippen LogP contribution is 2.53. The summed E-state index contributed by atoms with van der Waals surface area (Å²) in [6.45, 7) is 1.42. The molecule has 3 N–H and O–H groups in total.